The molecule has 114 valence electrons. The van der Waals surface area contributed by atoms with Crippen LogP contribution < -0.4 is 0 Å². The first kappa shape index (κ1) is 15.3. The zero-order valence-electron chi connectivity index (χ0n) is 13.1. The van der Waals surface area contributed by atoms with E-state index in [0.29, 0.717) is 5.57 Å². The molecule has 2 aliphatic rings. The highest BCUT2D eigenvalue weighted by Gasteiger charge is 2.64. The summed E-state index contributed by atoms with van der Waals surface area (Å²) in [6.45, 7) is 11.4. The molecule has 2 N–H and O–H groups in total. The van der Waals surface area contributed by atoms with E-state index in [2.05, 4.69) is 0 Å². The van der Waals surface area contributed by atoms with Gasteiger partial charge in [-0.05, 0) is 12.8 Å². The van der Waals surface area contributed by atoms with E-state index in [1.54, 1.807) is 11.8 Å². The van der Waals surface area contributed by atoms with Gasteiger partial charge in [0, 0.05) is 5.41 Å². The van der Waals surface area contributed by atoms with Crippen molar-refractivity contribution in [3.8, 4) is 0 Å². The largest absolute Gasteiger partial charge is 0.509 e. The van der Waals surface area contributed by atoms with Crippen molar-refractivity contribution in [3.63, 3.8) is 0 Å². The van der Waals surface area contributed by atoms with Crippen LogP contribution in [0.3, 0.4) is 0 Å². The first-order chi connectivity index (χ1) is 9.05. The Balaban J connectivity index is 2.55. The second kappa shape index (κ2) is 4.46. The molecule has 0 spiro atoms. The number of aliphatic hydroxyl groups excluding tert-OH is 2. The second-order valence-corrected chi connectivity index (χ2v) is 7.29. The predicted octanol–water partition coefficient (Wildman–Crippen LogP) is 1.82. The molecule has 0 saturated carbocycles. The maximum absolute atomic E-state index is 12.5. The van der Waals surface area contributed by atoms with E-state index >= 15 is 0 Å². The molecule has 0 radical (unpaired) electrons. The number of hydrogen-bond acceptors (Lipinski definition) is 4. The molecule has 0 aromatic rings. The van der Waals surface area contributed by atoms with Crippen LogP contribution in [0.4, 0.5) is 0 Å². The zero-order valence-corrected chi connectivity index (χ0v) is 13.1. The maximum atomic E-state index is 12.5. The number of nitrogens with zero attached hydrogens (tertiary/aromatic N) is 1. The van der Waals surface area contributed by atoms with Crippen molar-refractivity contribution in [2.75, 3.05) is 6.61 Å². The molecule has 0 bridgehead atoms. The summed E-state index contributed by atoms with van der Waals surface area (Å²) >= 11 is 0. The van der Waals surface area contributed by atoms with Gasteiger partial charge in [0.05, 0.1) is 18.3 Å². The van der Waals surface area contributed by atoms with E-state index in [0.717, 1.165) is 0 Å². The van der Waals surface area contributed by atoms with Crippen molar-refractivity contribution in [3.05, 3.63) is 11.3 Å². The zero-order chi connectivity index (χ0) is 15.5. The average Bonchev–Trinajstić information content (AvgIpc) is 2.82. The van der Waals surface area contributed by atoms with Crippen LogP contribution >= 0.6 is 0 Å². The first-order valence-electron chi connectivity index (χ1n) is 7.08. The van der Waals surface area contributed by atoms with Crippen LogP contribution in [0.15, 0.2) is 11.3 Å². The number of carbonyl (C=O) groups excluding carboxylic acids is 1. The summed E-state index contributed by atoms with van der Waals surface area (Å²) in [5.74, 6) is -0.393. The minimum atomic E-state index is -1.13. The Bertz CT molecular complexity index is 463. The summed E-state index contributed by atoms with van der Waals surface area (Å²) in [7, 11) is 0. The predicted molar refractivity (Wildman–Crippen MR) is 74.9 cm³/mol. The van der Waals surface area contributed by atoms with Gasteiger partial charge in [0.15, 0.2) is 5.54 Å². The fourth-order valence-electron chi connectivity index (χ4n) is 3.19. The molecule has 1 fully saturated rings. The Morgan fingerprint density at radius 3 is 2.40 bits per heavy atom. The highest BCUT2D eigenvalue weighted by molar-refractivity contribution is 5.98. The van der Waals surface area contributed by atoms with Gasteiger partial charge in [0.2, 0.25) is 0 Å². The van der Waals surface area contributed by atoms with E-state index in [1.165, 1.54) is 0 Å². The molecule has 2 aliphatic heterocycles. The second-order valence-electron chi connectivity index (χ2n) is 7.29. The smallest absolute Gasteiger partial charge is 0.256 e. The van der Waals surface area contributed by atoms with Crippen molar-refractivity contribution in [1.82, 2.24) is 4.90 Å². The Kier molecular flexibility index (Phi) is 3.42. The summed E-state index contributed by atoms with van der Waals surface area (Å²) in [5, 5.41) is 21.1. The Hall–Kier alpha value is -1.07. The summed E-state index contributed by atoms with van der Waals surface area (Å²) < 4.78 is 5.80. The van der Waals surface area contributed by atoms with Crippen LogP contribution in [0.1, 0.15) is 41.5 Å². The van der Waals surface area contributed by atoms with Gasteiger partial charge in [0.25, 0.3) is 5.91 Å². The summed E-state index contributed by atoms with van der Waals surface area (Å²) in [4.78, 5) is 14.0. The Morgan fingerprint density at radius 2 is 1.95 bits per heavy atom. The summed E-state index contributed by atoms with van der Waals surface area (Å²) in [6, 6.07) is 0. The number of hydrogen-bond donors (Lipinski definition) is 2. The van der Waals surface area contributed by atoms with Crippen LogP contribution in [-0.2, 0) is 9.53 Å². The highest BCUT2D eigenvalue weighted by atomic mass is 16.5. The van der Waals surface area contributed by atoms with Crippen molar-refractivity contribution in [1.29, 1.82) is 0 Å². The van der Waals surface area contributed by atoms with Crippen molar-refractivity contribution in [2.24, 2.45) is 11.3 Å². The van der Waals surface area contributed by atoms with Gasteiger partial charge >= 0.3 is 0 Å². The highest BCUT2D eigenvalue weighted by Crippen LogP contribution is 2.48. The SMILES string of the molecule is CC1=C(O)[C@]2([C@@H](O)C(C)C)CO[C@H](C(C)(C)C)N2C1=O. The van der Waals surface area contributed by atoms with Gasteiger partial charge < -0.3 is 14.9 Å². The maximum Gasteiger partial charge on any atom is 0.256 e. The van der Waals surface area contributed by atoms with Gasteiger partial charge in [-0.1, -0.05) is 34.6 Å². The lowest BCUT2D eigenvalue weighted by molar-refractivity contribution is -0.144. The lowest BCUT2D eigenvalue weighted by atomic mass is 9.83. The number of aliphatic hydroxyl groups is 2. The molecule has 20 heavy (non-hydrogen) atoms. The molecule has 3 atom stereocenters. The van der Waals surface area contributed by atoms with Gasteiger partial charge in [-0.25, -0.2) is 0 Å². The molecule has 0 unspecified atom stereocenters. The number of carbonyl (C=O) groups is 1. The van der Waals surface area contributed by atoms with Crippen LogP contribution in [0.2, 0.25) is 0 Å². The molecule has 5 heteroatoms. The topological polar surface area (TPSA) is 70.0 Å². The number of ether oxygens (including phenoxy) is 1. The standard InChI is InChI=1S/C15H25NO4/c1-8(2)10(17)15-7-20-13(14(4,5)6)16(15)12(19)9(3)11(15)18/h8,10,13,17-18H,7H2,1-6H3/t10-,13+,15+/m0/s1. The molecule has 2 rings (SSSR count). The fraction of sp³-hybridized carbons (Fsp3) is 0.800. The van der Waals surface area contributed by atoms with Gasteiger partial charge in [0.1, 0.15) is 12.0 Å². The Labute approximate surface area is 120 Å². The monoisotopic (exact) mass is 283 g/mol. The lowest BCUT2D eigenvalue weighted by Crippen LogP contribution is -2.59. The molecule has 0 aromatic heterocycles. The van der Waals surface area contributed by atoms with Gasteiger partial charge in [-0.2, -0.15) is 0 Å². The van der Waals surface area contributed by atoms with Crippen LogP contribution in [0.5, 0.6) is 0 Å². The number of fused-ring (bicyclic) bond motifs is 1. The normalized spacial score (nSPS) is 32.3. The van der Waals surface area contributed by atoms with Crippen LogP contribution in [-0.4, -0.2) is 45.5 Å². The lowest BCUT2D eigenvalue weighted by Gasteiger charge is -2.41. The molecular formula is C15H25NO4. The summed E-state index contributed by atoms with van der Waals surface area (Å²) in [6.07, 6.45) is -1.32. The average molecular weight is 283 g/mol. The third-order valence-corrected chi connectivity index (χ3v) is 4.29. The molecule has 1 amide bonds. The Morgan fingerprint density at radius 1 is 1.40 bits per heavy atom. The molecule has 5 nitrogen and oxygen atoms in total. The molecule has 1 saturated heterocycles. The molecule has 0 aromatic carbocycles. The quantitative estimate of drug-likeness (QED) is 0.811. The molecule has 2 heterocycles. The van der Waals surface area contributed by atoms with E-state index in [9.17, 15) is 15.0 Å². The van der Waals surface area contributed by atoms with Crippen molar-refractivity contribution >= 4 is 5.91 Å². The minimum absolute atomic E-state index is 0.0459. The number of amides is 1. The van der Waals surface area contributed by atoms with Crippen LogP contribution in [0.25, 0.3) is 0 Å². The van der Waals surface area contributed by atoms with Crippen molar-refractivity contribution in [2.45, 2.75) is 59.4 Å². The van der Waals surface area contributed by atoms with E-state index in [1.807, 2.05) is 34.6 Å². The third-order valence-electron chi connectivity index (χ3n) is 4.29. The molecular weight excluding hydrogens is 258 g/mol. The minimum Gasteiger partial charge on any atom is -0.509 e. The first-order valence-corrected chi connectivity index (χ1v) is 7.08. The van der Waals surface area contributed by atoms with E-state index < -0.39 is 17.9 Å². The van der Waals surface area contributed by atoms with Gasteiger partial charge in [-0.15, -0.1) is 0 Å². The molecule has 0 aliphatic carbocycles. The van der Waals surface area contributed by atoms with E-state index in [-0.39, 0.29) is 29.6 Å². The van der Waals surface area contributed by atoms with Crippen LogP contribution in [0, 0.1) is 11.3 Å². The third kappa shape index (κ3) is 1.79. The van der Waals surface area contributed by atoms with E-state index in [4.69, 9.17) is 4.74 Å². The fourth-order valence-corrected chi connectivity index (χ4v) is 3.19. The number of rotatable bonds is 2. The van der Waals surface area contributed by atoms with Gasteiger partial charge in [-0.3, -0.25) is 9.69 Å². The summed E-state index contributed by atoms with van der Waals surface area (Å²) in [5.41, 5.74) is -1.12. The van der Waals surface area contributed by atoms with Crippen molar-refractivity contribution < 1.29 is 19.7 Å².